The molecule has 2 aromatic carbocycles. The Bertz CT molecular complexity index is 1600. The van der Waals surface area contributed by atoms with Gasteiger partial charge in [-0.25, -0.2) is 0 Å². The van der Waals surface area contributed by atoms with Gasteiger partial charge in [0.1, 0.15) is 0 Å². The highest BCUT2D eigenvalue weighted by atomic mass is 16.2. The predicted molar refractivity (Wildman–Crippen MR) is 141 cm³/mol. The summed E-state index contributed by atoms with van der Waals surface area (Å²) in [7, 11) is 1.93. The second-order valence-corrected chi connectivity index (χ2v) is 8.87. The molecule has 7 nitrogen and oxygen atoms in total. The Hall–Kier alpha value is -4.57. The number of carbonyl (C=O) groups excluding carboxylic acids is 3. The summed E-state index contributed by atoms with van der Waals surface area (Å²) in [4.78, 5) is 38.0. The number of terminal acetylenes is 1. The molecular formula is C29H26N4O3. The highest BCUT2D eigenvalue weighted by Crippen LogP contribution is 2.38. The molecule has 36 heavy (non-hydrogen) atoms. The summed E-state index contributed by atoms with van der Waals surface area (Å²) in [5.41, 5.74) is 4.17. The number of amides is 3. The fourth-order valence-corrected chi connectivity index (χ4v) is 4.89. The summed E-state index contributed by atoms with van der Waals surface area (Å²) in [6.45, 7) is 1.16. The topological polar surface area (TPSA) is 85.1 Å². The standard InChI is InChI=1S/C29H26N4O3/c1-3-4-14-25(34)30-15-9-16-33-18-22(20-11-6-8-13-24(20)33)27-26(28(35)31-29(27)36)21-17-32(2)23-12-7-5-10-19(21)23/h1,5-8,10-13,17-18H,4,9,14-16H2,2H3,(H,30,34)(H,31,35,36). The van der Waals surface area contributed by atoms with Crippen molar-refractivity contribution in [2.75, 3.05) is 6.54 Å². The van der Waals surface area contributed by atoms with Gasteiger partial charge in [0.05, 0.1) is 11.1 Å². The van der Waals surface area contributed by atoms with E-state index in [0.717, 1.165) is 32.9 Å². The molecule has 1 aliphatic rings. The van der Waals surface area contributed by atoms with Crippen LogP contribution in [0.15, 0.2) is 60.9 Å². The molecule has 7 heteroatoms. The molecule has 3 amide bonds. The Morgan fingerprint density at radius 1 is 0.944 bits per heavy atom. The highest BCUT2D eigenvalue weighted by molar-refractivity contribution is 6.50. The maximum atomic E-state index is 13.1. The number of imide groups is 1. The highest BCUT2D eigenvalue weighted by Gasteiger charge is 2.35. The number of para-hydroxylation sites is 2. The maximum absolute atomic E-state index is 13.1. The number of nitrogens with one attached hydrogen (secondary N) is 2. The summed E-state index contributed by atoms with van der Waals surface area (Å²) < 4.78 is 4.04. The van der Waals surface area contributed by atoms with E-state index in [-0.39, 0.29) is 5.91 Å². The van der Waals surface area contributed by atoms with Crippen molar-refractivity contribution in [3.05, 3.63) is 72.1 Å². The molecular weight excluding hydrogens is 452 g/mol. The third-order valence-electron chi connectivity index (χ3n) is 6.55. The zero-order valence-corrected chi connectivity index (χ0v) is 20.0. The van der Waals surface area contributed by atoms with E-state index in [0.29, 0.717) is 43.5 Å². The third-order valence-corrected chi connectivity index (χ3v) is 6.55. The van der Waals surface area contributed by atoms with Crippen LogP contribution in [0.5, 0.6) is 0 Å². The Morgan fingerprint density at radius 3 is 2.25 bits per heavy atom. The van der Waals surface area contributed by atoms with Crippen molar-refractivity contribution in [2.24, 2.45) is 7.05 Å². The first-order valence-corrected chi connectivity index (χ1v) is 11.9. The predicted octanol–water partition coefficient (Wildman–Crippen LogP) is 3.62. The number of hydrogen-bond donors (Lipinski definition) is 2. The molecule has 0 aliphatic carbocycles. The fourth-order valence-electron chi connectivity index (χ4n) is 4.89. The first kappa shape index (κ1) is 23.2. The second-order valence-electron chi connectivity index (χ2n) is 8.87. The molecule has 180 valence electrons. The van der Waals surface area contributed by atoms with Gasteiger partial charge in [-0.2, -0.15) is 0 Å². The fraction of sp³-hybridized carbons (Fsp3) is 0.207. The maximum Gasteiger partial charge on any atom is 0.259 e. The van der Waals surface area contributed by atoms with Crippen LogP contribution in [0.1, 0.15) is 30.4 Å². The number of carbonyl (C=O) groups is 3. The summed E-state index contributed by atoms with van der Waals surface area (Å²) >= 11 is 0. The van der Waals surface area contributed by atoms with Crippen LogP contribution in [0, 0.1) is 12.3 Å². The molecule has 1 aliphatic heterocycles. The van der Waals surface area contributed by atoms with Gasteiger partial charge in [-0.3, -0.25) is 19.7 Å². The minimum absolute atomic E-state index is 0.0583. The van der Waals surface area contributed by atoms with Crippen LogP contribution in [0.2, 0.25) is 0 Å². The largest absolute Gasteiger partial charge is 0.356 e. The molecule has 3 heterocycles. The van der Waals surface area contributed by atoms with E-state index in [9.17, 15) is 14.4 Å². The first-order chi connectivity index (χ1) is 17.5. The zero-order chi connectivity index (χ0) is 25.2. The molecule has 0 saturated heterocycles. The van der Waals surface area contributed by atoms with E-state index in [1.807, 2.05) is 72.5 Å². The van der Waals surface area contributed by atoms with Crippen LogP contribution in [0.4, 0.5) is 0 Å². The molecule has 0 atom stereocenters. The van der Waals surface area contributed by atoms with E-state index >= 15 is 0 Å². The average Bonchev–Trinajstić information content (AvgIpc) is 3.51. The molecule has 4 aromatic rings. The van der Waals surface area contributed by atoms with Gasteiger partial charge < -0.3 is 14.5 Å². The molecule has 0 saturated carbocycles. The Balaban J connectivity index is 1.54. The van der Waals surface area contributed by atoms with Crippen molar-refractivity contribution >= 4 is 50.7 Å². The van der Waals surface area contributed by atoms with Crippen molar-refractivity contribution in [3.63, 3.8) is 0 Å². The number of fused-ring (bicyclic) bond motifs is 2. The van der Waals surface area contributed by atoms with E-state index in [1.165, 1.54) is 0 Å². The molecule has 0 bridgehead atoms. The summed E-state index contributed by atoms with van der Waals surface area (Å²) in [6.07, 6.45) is 10.5. The summed E-state index contributed by atoms with van der Waals surface area (Å²) in [6, 6.07) is 15.7. The van der Waals surface area contributed by atoms with E-state index in [1.54, 1.807) is 0 Å². The SMILES string of the molecule is C#CCCC(=O)NCCCn1cc(C2=C(c3cn(C)c4ccccc34)C(=O)NC2=O)c2ccccc21. The smallest absolute Gasteiger partial charge is 0.259 e. The normalized spacial score (nSPS) is 13.4. The Labute approximate surface area is 208 Å². The van der Waals surface area contributed by atoms with Crippen molar-refractivity contribution in [1.82, 2.24) is 19.8 Å². The lowest BCUT2D eigenvalue weighted by atomic mass is 9.95. The quantitative estimate of drug-likeness (QED) is 0.230. The first-order valence-electron chi connectivity index (χ1n) is 11.9. The van der Waals surface area contributed by atoms with Gasteiger partial charge in [-0.15, -0.1) is 12.3 Å². The van der Waals surface area contributed by atoms with E-state index < -0.39 is 11.8 Å². The zero-order valence-electron chi connectivity index (χ0n) is 20.0. The van der Waals surface area contributed by atoms with Gasteiger partial charge in [0.2, 0.25) is 5.91 Å². The van der Waals surface area contributed by atoms with Crippen LogP contribution in [-0.4, -0.2) is 33.4 Å². The van der Waals surface area contributed by atoms with E-state index in [2.05, 4.69) is 21.1 Å². The number of hydrogen-bond acceptors (Lipinski definition) is 3. The van der Waals surface area contributed by atoms with Gasteiger partial charge in [0.25, 0.3) is 11.8 Å². The molecule has 5 rings (SSSR count). The van der Waals surface area contributed by atoms with Gasteiger partial charge in [-0.05, 0) is 18.6 Å². The summed E-state index contributed by atoms with van der Waals surface area (Å²) in [5, 5.41) is 7.22. The van der Waals surface area contributed by atoms with Crippen molar-refractivity contribution in [1.29, 1.82) is 0 Å². The summed E-state index contributed by atoms with van der Waals surface area (Å²) in [5.74, 6) is 1.62. The lowest BCUT2D eigenvalue weighted by molar-refractivity contribution is -0.123. The second kappa shape index (κ2) is 9.59. The third kappa shape index (κ3) is 4.07. The Kier molecular flexibility index (Phi) is 6.17. The van der Waals surface area contributed by atoms with E-state index in [4.69, 9.17) is 6.42 Å². The Morgan fingerprint density at radius 2 is 1.56 bits per heavy atom. The number of aryl methyl sites for hydroxylation is 2. The minimum atomic E-state index is -0.397. The van der Waals surface area contributed by atoms with Crippen LogP contribution in [-0.2, 0) is 28.0 Å². The number of benzene rings is 2. The van der Waals surface area contributed by atoms with Crippen molar-refractivity contribution in [2.45, 2.75) is 25.8 Å². The van der Waals surface area contributed by atoms with Gasteiger partial charge in [-0.1, -0.05) is 36.4 Å². The average molecular weight is 479 g/mol. The van der Waals surface area contributed by atoms with Crippen LogP contribution in [0.3, 0.4) is 0 Å². The molecule has 0 fully saturated rings. The minimum Gasteiger partial charge on any atom is -0.356 e. The van der Waals surface area contributed by atoms with Gasteiger partial charge in [0.15, 0.2) is 0 Å². The van der Waals surface area contributed by atoms with Gasteiger partial charge >= 0.3 is 0 Å². The molecule has 0 radical (unpaired) electrons. The number of aromatic nitrogens is 2. The lowest BCUT2D eigenvalue weighted by Crippen LogP contribution is -2.24. The molecule has 2 aromatic heterocycles. The molecule has 2 N–H and O–H groups in total. The lowest BCUT2D eigenvalue weighted by Gasteiger charge is -2.06. The van der Waals surface area contributed by atoms with Crippen LogP contribution in [0.25, 0.3) is 33.0 Å². The molecule has 0 unspecified atom stereocenters. The van der Waals surface area contributed by atoms with Crippen LogP contribution >= 0.6 is 0 Å². The van der Waals surface area contributed by atoms with Crippen molar-refractivity contribution < 1.29 is 14.4 Å². The molecule has 0 spiro atoms. The monoisotopic (exact) mass is 478 g/mol. The van der Waals surface area contributed by atoms with Crippen molar-refractivity contribution in [3.8, 4) is 12.3 Å². The number of rotatable bonds is 8. The number of nitrogens with zero attached hydrogens (tertiary/aromatic N) is 2. The van der Waals surface area contributed by atoms with Crippen LogP contribution < -0.4 is 10.6 Å². The van der Waals surface area contributed by atoms with Gasteiger partial charge in [0, 0.05) is 78.3 Å².